The average Bonchev–Trinajstić information content (AvgIpc) is 2.99. The van der Waals surface area contributed by atoms with Crippen molar-refractivity contribution in [3.63, 3.8) is 0 Å². The van der Waals surface area contributed by atoms with Gasteiger partial charge in [-0.1, -0.05) is 32.9 Å². The summed E-state index contributed by atoms with van der Waals surface area (Å²) in [7, 11) is 1.73. The SMILES string of the molecule is CCCNC(c1cccc(OC)c1)C1CC1(C)C. The predicted octanol–water partition coefficient (Wildman–Crippen LogP) is 3.78. The molecule has 1 fully saturated rings. The van der Waals surface area contributed by atoms with Crippen LogP contribution in [0.15, 0.2) is 24.3 Å². The lowest BCUT2D eigenvalue weighted by atomic mass is 9.96. The molecule has 1 N–H and O–H groups in total. The average molecular weight is 247 g/mol. The van der Waals surface area contributed by atoms with Gasteiger partial charge in [0.1, 0.15) is 5.75 Å². The number of methoxy groups -OCH3 is 1. The van der Waals surface area contributed by atoms with E-state index in [-0.39, 0.29) is 0 Å². The topological polar surface area (TPSA) is 21.3 Å². The number of nitrogens with one attached hydrogen (secondary N) is 1. The minimum Gasteiger partial charge on any atom is -0.497 e. The number of hydrogen-bond donors (Lipinski definition) is 1. The zero-order chi connectivity index (χ0) is 13.2. The van der Waals surface area contributed by atoms with E-state index in [1.165, 1.54) is 18.4 Å². The van der Waals surface area contributed by atoms with Gasteiger partial charge in [-0.25, -0.2) is 0 Å². The lowest BCUT2D eigenvalue weighted by Gasteiger charge is -2.21. The molecule has 2 nitrogen and oxygen atoms in total. The molecule has 2 heteroatoms. The summed E-state index contributed by atoms with van der Waals surface area (Å²) >= 11 is 0. The molecule has 2 rings (SSSR count). The highest BCUT2D eigenvalue weighted by molar-refractivity contribution is 5.32. The van der Waals surface area contributed by atoms with E-state index in [0.717, 1.165) is 18.2 Å². The van der Waals surface area contributed by atoms with Gasteiger partial charge in [-0.15, -0.1) is 0 Å². The summed E-state index contributed by atoms with van der Waals surface area (Å²) in [6, 6.07) is 8.95. The molecule has 1 aromatic carbocycles. The Kier molecular flexibility index (Phi) is 3.96. The summed E-state index contributed by atoms with van der Waals surface area (Å²) in [6.45, 7) is 8.01. The Morgan fingerprint density at radius 3 is 2.72 bits per heavy atom. The van der Waals surface area contributed by atoms with Crippen molar-refractivity contribution in [3.8, 4) is 5.75 Å². The molecule has 0 aromatic heterocycles. The van der Waals surface area contributed by atoms with Gasteiger partial charge >= 0.3 is 0 Å². The number of ether oxygens (including phenoxy) is 1. The van der Waals surface area contributed by atoms with Crippen LogP contribution in [0.1, 0.15) is 45.2 Å². The Balaban J connectivity index is 2.17. The summed E-state index contributed by atoms with van der Waals surface area (Å²) in [5.74, 6) is 1.70. The minimum atomic E-state index is 0.468. The minimum absolute atomic E-state index is 0.468. The molecule has 100 valence electrons. The predicted molar refractivity (Wildman–Crippen MR) is 75.9 cm³/mol. The Morgan fingerprint density at radius 2 is 2.17 bits per heavy atom. The highest BCUT2D eigenvalue weighted by atomic mass is 16.5. The number of hydrogen-bond acceptors (Lipinski definition) is 2. The fraction of sp³-hybridized carbons (Fsp3) is 0.625. The van der Waals surface area contributed by atoms with E-state index in [9.17, 15) is 0 Å². The van der Waals surface area contributed by atoms with Crippen LogP contribution in [-0.4, -0.2) is 13.7 Å². The summed E-state index contributed by atoms with van der Waals surface area (Å²) in [4.78, 5) is 0. The van der Waals surface area contributed by atoms with Crippen LogP contribution in [0.3, 0.4) is 0 Å². The van der Waals surface area contributed by atoms with E-state index in [0.29, 0.717) is 11.5 Å². The van der Waals surface area contributed by atoms with Gasteiger partial charge in [-0.3, -0.25) is 0 Å². The first kappa shape index (κ1) is 13.4. The first-order valence-corrected chi connectivity index (χ1v) is 6.96. The second kappa shape index (κ2) is 5.31. The fourth-order valence-electron chi connectivity index (χ4n) is 2.70. The molecule has 0 radical (unpaired) electrons. The van der Waals surface area contributed by atoms with E-state index in [4.69, 9.17) is 4.74 Å². The van der Waals surface area contributed by atoms with Crippen LogP contribution < -0.4 is 10.1 Å². The maximum Gasteiger partial charge on any atom is 0.119 e. The molecule has 1 aromatic rings. The van der Waals surface area contributed by atoms with Gasteiger partial charge in [-0.05, 0) is 48.4 Å². The highest BCUT2D eigenvalue weighted by Crippen LogP contribution is 2.57. The van der Waals surface area contributed by atoms with Crippen LogP contribution >= 0.6 is 0 Å². The summed E-state index contributed by atoms with van der Waals surface area (Å²) in [5.41, 5.74) is 1.84. The first-order valence-electron chi connectivity index (χ1n) is 6.96. The molecule has 1 aliphatic carbocycles. The Bertz CT molecular complexity index is 400. The van der Waals surface area contributed by atoms with Gasteiger partial charge in [0.2, 0.25) is 0 Å². The molecule has 0 aliphatic heterocycles. The normalized spacial score (nSPS) is 22.6. The van der Waals surface area contributed by atoms with Crippen molar-refractivity contribution in [3.05, 3.63) is 29.8 Å². The Labute approximate surface area is 111 Å². The van der Waals surface area contributed by atoms with Crippen molar-refractivity contribution in [2.24, 2.45) is 11.3 Å². The van der Waals surface area contributed by atoms with Crippen molar-refractivity contribution >= 4 is 0 Å². The molecular formula is C16H25NO. The molecule has 0 spiro atoms. The van der Waals surface area contributed by atoms with Gasteiger partial charge in [-0.2, -0.15) is 0 Å². The van der Waals surface area contributed by atoms with E-state index in [1.807, 2.05) is 6.07 Å². The van der Waals surface area contributed by atoms with Crippen molar-refractivity contribution in [2.45, 2.75) is 39.7 Å². The van der Waals surface area contributed by atoms with Crippen molar-refractivity contribution in [1.29, 1.82) is 0 Å². The third-order valence-electron chi connectivity index (χ3n) is 4.06. The van der Waals surface area contributed by atoms with Crippen LogP contribution in [-0.2, 0) is 0 Å². The Morgan fingerprint density at radius 1 is 1.44 bits per heavy atom. The summed E-state index contributed by atoms with van der Waals surface area (Å²) in [5, 5.41) is 3.70. The second-order valence-electron chi connectivity index (χ2n) is 6.01. The van der Waals surface area contributed by atoms with Crippen molar-refractivity contribution in [1.82, 2.24) is 5.32 Å². The molecule has 0 amide bonds. The smallest absolute Gasteiger partial charge is 0.119 e. The van der Waals surface area contributed by atoms with Gasteiger partial charge in [0.15, 0.2) is 0 Å². The van der Waals surface area contributed by atoms with Gasteiger partial charge in [0.05, 0.1) is 7.11 Å². The molecule has 0 saturated heterocycles. The Hall–Kier alpha value is -1.02. The van der Waals surface area contributed by atoms with Crippen LogP contribution in [0.25, 0.3) is 0 Å². The lowest BCUT2D eigenvalue weighted by molar-refractivity contribution is 0.401. The van der Waals surface area contributed by atoms with Gasteiger partial charge < -0.3 is 10.1 Å². The molecule has 1 saturated carbocycles. The number of benzene rings is 1. The third-order valence-corrected chi connectivity index (χ3v) is 4.06. The third kappa shape index (κ3) is 2.86. The van der Waals surface area contributed by atoms with E-state index < -0.39 is 0 Å². The standard InChI is InChI=1S/C16H25NO/c1-5-9-17-15(14-11-16(14,2)3)12-7-6-8-13(10-12)18-4/h6-8,10,14-15,17H,5,9,11H2,1-4H3. The zero-order valence-electron chi connectivity index (χ0n) is 12.0. The fourth-order valence-corrected chi connectivity index (χ4v) is 2.70. The van der Waals surface area contributed by atoms with Crippen molar-refractivity contribution < 1.29 is 4.74 Å². The molecule has 2 unspecified atom stereocenters. The molecular weight excluding hydrogens is 222 g/mol. The zero-order valence-corrected chi connectivity index (χ0v) is 12.0. The number of rotatable bonds is 6. The molecule has 18 heavy (non-hydrogen) atoms. The van der Waals surface area contributed by atoms with E-state index in [2.05, 4.69) is 44.3 Å². The summed E-state index contributed by atoms with van der Waals surface area (Å²) in [6.07, 6.45) is 2.49. The summed E-state index contributed by atoms with van der Waals surface area (Å²) < 4.78 is 5.33. The maximum atomic E-state index is 5.33. The molecule has 0 bridgehead atoms. The maximum absolute atomic E-state index is 5.33. The lowest BCUT2D eigenvalue weighted by Crippen LogP contribution is -2.25. The largest absolute Gasteiger partial charge is 0.497 e. The van der Waals surface area contributed by atoms with Crippen LogP contribution in [0.4, 0.5) is 0 Å². The van der Waals surface area contributed by atoms with Gasteiger partial charge in [0.25, 0.3) is 0 Å². The van der Waals surface area contributed by atoms with E-state index in [1.54, 1.807) is 7.11 Å². The molecule has 2 atom stereocenters. The highest BCUT2D eigenvalue weighted by Gasteiger charge is 2.50. The van der Waals surface area contributed by atoms with Crippen LogP contribution in [0.2, 0.25) is 0 Å². The monoisotopic (exact) mass is 247 g/mol. The van der Waals surface area contributed by atoms with Crippen LogP contribution in [0, 0.1) is 11.3 Å². The van der Waals surface area contributed by atoms with Crippen molar-refractivity contribution in [2.75, 3.05) is 13.7 Å². The van der Waals surface area contributed by atoms with E-state index >= 15 is 0 Å². The second-order valence-corrected chi connectivity index (χ2v) is 6.01. The molecule has 1 aliphatic rings. The molecule has 0 heterocycles. The van der Waals surface area contributed by atoms with Gasteiger partial charge in [0, 0.05) is 6.04 Å². The van der Waals surface area contributed by atoms with Crippen LogP contribution in [0.5, 0.6) is 5.75 Å². The quantitative estimate of drug-likeness (QED) is 0.826. The first-order chi connectivity index (χ1) is 8.58.